The second-order valence-corrected chi connectivity index (χ2v) is 7.79. The van der Waals surface area contributed by atoms with Crippen molar-refractivity contribution in [1.29, 1.82) is 0 Å². The van der Waals surface area contributed by atoms with Crippen LogP contribution < -0.4 is 5.32 Å². The lowest BCUT2D eigenvalue weighted by molar-refractivity contribution is 0.0944. The van der Waals surface area contributed by atoms with Crippen LogP contribution in [0.2, 0.25) is 0 Å². The van der Waals surface area contributed by atoms with Gasteiger partial charge in [-0.2, -0.15) is 0 Å². The van der Waals surface area contributed by atoms with Crippen molar-refractivity contribution >= 4 is 37.7 Å². The molecule has 1 aliphatic rings. The molecule has 1 aliphatic heterocycles. The van der Waals surface area contributed by atoms with E-state index in [4.69, 9.17) is 0 Å². The first-order valence-corrected chi connectivity index (χ1v) is 9.03. The number of aromatic nitrogens is 1. The predicted molar refractivity (Wildman–Crippen MR) is 95.8 cm³/mol. The SMILES string of the molecule is CC(C)C(CNc1ncc(Br)cc1Br)N1CCN(C)CC1. The summed E-state index contributed by atoms with van der Waals surface area (Å²) in [5, 5.41) is 3.50. The van der Waals surface area contributed by atoms with Gasteiger partial charge in [0, 0.05) is 49.4 Å². The molecule has 2 heterocycles. The number of pyridine rings is 1. The quantitative estimate of drug-likeness (QED) is 0.793. The van der Waals surface area contributed by atoms with Gasteiger partial charge in [-0.05, 0) is 50.9 Å². The van der Waals surface area contributed by atoms with E-state index in [0.29, 0.717) is 12.0 Å². The van der Waals surface area contributed by atoms with Crippen molar-refractivity contribution in [2.24, 2.45) is 5.92 Å². The van der Waals surface area contributed by atoms with E-state index in [9.17, 15) is 0 Å². The average Bonchev–Trinajstić information content (AvgIpc) is 2.42. The van der Waals surface area contributed by atoms with Gasteiger partial charge in [0.05, 0.1) is 4.47 Å². The summed E-state index contributed by atoms with van der Waals surface area (Å²) in [6.07, 6.45) is 1.83. The first kappa shape index (κ1) is 17.2. The minimum absolute atomic E-state index is 0.538. The molecule has 0 spiro atoms. The van der Waals surface area contributed by atoms with Gasteiger partial charge in [-0.1, -0.05) is 13.8 Å². The number of rotatable bonds is 5. The summed E-state index contributed by atoms with van der Waals surface area (Å²) in [7, 11) is 2.20. The van der Waals surface area contributed by atoms with Crippen molar-refractivity contribution in [2.45, 2.75) is 19.9 Å². The fourth-order valence-corrected chi connectivity index (χ4v) is 3.81. The van der Waals surface area contributed by atoms with E-state index in [1.165, 1.54) is 0 Å². The largest absolute Gasteiger partial charge is 0.368 e. The van der Waals surface area contributed by atoms with Gasteiger partial charge in [0.25, 0.3) is 0 Å². The third-order valence-corrected chi connectivity index (χ3v) is 5.10. The maximum Gasteiger partial charge on any atom is 0.140 e. The van der Waals surface area contributed by atoms with E-state index in [1.807, 2.05) is 12.3 Å². The van der Waals surface area contributed by atoms with Gasteiger partial charge in [0.15, 0.2) is 0 Å². The normalized spacial score (nSPS) is 19.0. The molecule has 1 fully saturated rings. The van der Waals surface area contributed by atoms with Gasteiger partial charge < -0.3 is 10.2 Å². The third-order valence-electron chi connectivity index (χ3n) is 4.06. The molecule has 0 bridgehead atoms. The number of nitrogens with zero attached hydrogens (tertiary/aromatic N) is 3. The van der Waals surface area contributed by atoms with Crippen LogP contribution in [-0.4, -0.2) is 60.6 Å². The summed E-state index contributed by atoms with van der Waals surface area (Å²) in [6, 6.07) is 2.56. The summed E-state index contributed by atoms with van der Waals surface area (Å²) in [5.41, 5.74) is 0. The van der Waals surface area contributed by atoms with Gasteiger partial charge in [-0.15, -0.1) is 0 Å². The minimum atomic E-state index is 0.538. The molecule has 0 amide bonds. The molecule has 1 saturated heterocycles. The van der Waals surface area contributed by atoms with Crippen molar-refractivity contribution in [3.05, 3.63) is 21.2 Å². The van der Waals surface area contributed by atoms with E-state index in [0.717, 1.165) is 47.5 Å². The first-order valence-electron chi connectivity index (χ1n) is 7.45. The number of anilines is 1. The molecule has 1 unspecified atom stereocenters. The van der Waals surface area contributed by atoms with Crippen LogP contribution in [0.1, 0.15) is 13.8 Å². The molecule has 0 aromatic carbocycles. The van der Waals surface area contributed by atoms with Crippen LogP contribution in [0.5, 0.6) is 0 Å². The molecule has 1 aromatic rings. The number of likely N-dealkylation sites (N-methyl/N-ethyl adjacent to an activating group) is 1. The van der Waals surface area contributed by atoms with E-state index in [1.54, 1.807) is 0 Å². The Bertz CT molecular complexity index is 459. The molecular formula is C15H24Br2N4. The van der Waals surface area contributed by atoms with Gasteiger partial charge >= 0.3 is 0 Å². The van der Waals surface area contributed by atoms with Gasteiger partial charge in [-0.3, -0.25) is 4.90 Å². The zero-order valence-electron chi connectivity index (χ0n) is 12.9. The van der Waals surface area contributed by atoms with E-state index >= 15 is 0 Å². The molecule has 1 aromatic heterocycles. The van der Waals surface area contributed by atoms with Gasteiger partial charge in [-0.25, -0.2) is 4.98 Å². The zero-order chi connectivity index (χ0) is 15.4. The molecule has 4 nitrogen and oxygen atoms in total. The monoisotopic (exact) mass is 418 g/mol. The van der Waals surface area contributed by atoms with Crippen molar-refractivity contribution in [2.75, 3.05) is 45.1 Å². The second-order valence-electron chi connectivity index (χ2n) is 6.02. The molecule has 1 N–H and O–H groups in total. The van der Waals surface area contributed by atoms with Crippen LogP contribution in [0.25, 0.3) is 0 Å². The number of halogens is 2. The molecule has 0 saturated carbocycles. The highest BCUT2D eigenvalue weighted by molar-refractivity contribution is 9.11. The Morgan fingerprint density at radius 2 is 1.90 bits per heavy atom. The number of hydrogen-bond acceptors (Lipinski definition) is 4. The Kier molecular flexibility index (Phi) is 6.47. The van der Waals surface area contributed by atoms with Crippen LogP contribution in [0, 0.1) is 5.92 Å². The molecule has 118 valence electrons. The maximum atomic E-state index is 4.43. The Balaban J connectivity index is 1.97. The lowest BCUT2D eigenvalue weighted by Crippen LogP contribution is -2.52. The maximum absolute atomic E-state index is 4.43. The Hall–Kier alpha value is -0.170. The standard InChI is InChI=1S/C15H24Br2N4/c1-11(2)14(21-6-4-20(3)5-7-21)10-19-15-13(17)8-12(16)9-18-15/h8-9,11,14H,4-7,10H2,1-3H3,(H,18,19). The molecule has 1 atom stereocenters. The van der Waals surface area contributed by atoms with E-state index in [-0.39, 0.29) is 0 Å². The number of hydrogen-bond donors (Lipinski definition) is 1. The molecule has 0 radical (unpaired) electrons. The Morgan fingerprint density at radius 3 is 2.48 bits per heavy atom. The van der Waals surface area contributed by atoms with Crippen LogP contribution >= 0.6 is 31.9 Å². The molecule has 0 aliphatic carbocycles. The smallest absolute Gasteiger partial charge is 0.140 e. The van der Waals surface area contributed by atoms with Crippen LogP contribution in [-0.2, 0) is 0 Å². The summed E-state index contributed by atoms with van der Waals surface area (Å²) >= 11 is 7.00. The van der Waals surface area contributed by atoms with Crippen molar-refractivity contribution < 1.29 is 0 Å². The third kappa shape index (κ3) is 4.91. The lowest BCUT2D eigenvalue weighted by atomic mass is 10.0. The fraction of sp³-hybridized carbons (Fsp3) is 0.667. The molecule has 21 heavy (non-hydrogen) atoms. The molecular weight excluding hydrogens is 396 g/mol. The second kappa shape index (κ2) is 7.90. The highest BCUT2D eigenvalue weighted by Gasteiger charge is 2.25. The fourth-order valence-electron chi connectivity index (χ4n) is 2.69. The highest BCUT2D eigenvalue weighted by Crippen LogP contribution is 2.24. The van der Waals surface area contributed by atoms with E-state index in [2.05, 4.69) is 72.9 Å². The number of piperazine rings is 1. The lowest BCUT2D eigenvalue weighted by Gasteiger charge is -2.40. The van der Waals surface area contributed by atoms with Crippen molar-refractivity contribution in [3.8, 4) is 0 Å². The average molecular weight is 420 g/mol. The van der Waals surface area contributed by atoms with Gasteiger partial charge in [0.2, 0.25) is 0 Å². The topological polar surface area (TPSA) is 31.4 Å². The van der Waals surface area contributed by atoms with Crippen LogP contribution in [0.4, 0.5) is 5.82 Å². The summed E-state index contributed by atoms with van der Waals surface area (Å²) in [5.74, 6) is 1.54. The van der Waals surface area contributed by atoms with E-state index < -0.39 is 0 Å². The highest BCUT2D eigenvalue weighted by atomic mass is 79.9. The summed E-state index contributed by atoms with van der Waals surface area (Å²) < 4.78 is 1.98. The Morgan fingerprint density at radius 1 is 1.24 bits per heavy atom. The summed E-state index contributed by atoms with van der Waals surface area (Å²) in [4.78, 5) is 9.43. The van der Waals surface area contributed by atoms with Crippen LogP contribution in [0.3, 0.4) is 0 Å². The molecule has 2 rings (SSSR count). The predicted octanol–water partition coefficient (Wildman–Crippen LogP) is 3.29. The van der Waals surface area contributed by atoms with Gasteiger partial charge in [0.1, 0.15) is 5.82 Å². The van der Waals surface area contributed by atoms with Crippen LogP contribution in [0.15, 0.2) is 21.2 Å². The van der Waals surface area contributed by atoms with Crippen molar-refractivity contribution in [1.82, 2.24) is 14.8 Å². The Labute approximate surface area is 144 Å². The minimum Gasteiger partial charge on any atom is -0.368 e. The first-order chi connectivity index (χ1) is 9.97. The molecule has 6 heteroatoms. The zero-order valence-corrected chi connectivity index (χ0v) is 16.1. The van der Waals surface area contributed by atoms with Crippen molar-refractivity contribution in [3.63, 3.8) is 0 Å². The number of nitrogens with one attached hydrogen (secondary N) is 1. The summed E-state index contributed by atoms with van der Waals surface area (Å²) in [6.45, 7) is 10.1.